The number of rotatable bonds is 5. The van der Waals surface area contributed by atoms with Crippen LogP contribution in [-0.2, 0) is 30.5 Å². The lowest BCUT2D eigenvalue weighted by molar-refractivity contribution is 0.00578. The van der Waals surface area contributed by atoms with Crippen LogP contribution < -0.4 is 10.9 Å². The summed E-state index contributed by atoms with van der Waals surface area (Å²) in [5.41, 5.74) is 3.68. The maximum Gasteiger partial charge on any atom is 0.494 e. The van der Waals surface area contributed by atoms with Gasteiger partial charge in [0.15, 0.2) is 0 Å². The summed E-state index contributed by atoms with van der Waals surface area (Å²) in [5.74, 6) is 0. The number of benzene rings is 2. The Morgan fingerprint density at radius 3 is 1.30 bits per heavy atom. The average Bonchev–Trinajstić information content (AvgIpc) is 3.25. The summed E-state index contributed by atoms with van der Waals surface area (Å²) >= 11 is 3.44. The van der Waals surface area contributed by atoms with Crippen LogP contribution in [0.15, 0.2) is 48.5 Å². The van der Waals surface area contributed by atoms with Gasteiger partial charge in [-0.2, -0.15) is 0 Å². The molecule has 6 nitrogen and oxygen atoms in total. The number of alkyl halides is 1. The van der Waals surface area contributed by atoms with Crippen molar-refractivity contribution in [2.24, 2.45) is 0 Å². The molecular weight excluding hydrogens is 566 g/mol. The molecule has 2 aromatic carbocycles. The molecule has 0 aromatic heterocycles. The first kappa shape index (κ1) is 31.7. The molecule has 0 amide bonds. The summed E-state index contributed by atoms with van der Waals surface area (Å²) in [4.78, 5) is 4.90. The molecule has 0 spiro atoms. The van der Waals surface area contributed by atoms with E-state index >= 15 is 0 Å². The fourth-order valence-electron chi connectivity index (χ4n) is 4.77. The lowest BCUT2D eigenvalue weighted by Crippen LogP contribution is -2.43. The number of piperazine rings is 1. The highest BCUT2D eigenvalue weighted by Gasteiger charge is 2.52. The summed E-state index contributed by atoms with van der Waals surface area (Å²) in [6.45, 7) is 22.3. The monoisotopic (exact) mass is 612 g/mol. The summed E-state index contributed by atoms with van der Waals surface area (Å²) < 4.78 is 24.2. The van der Waals surface area contributed by atoms with E-state index in [1.165, 1.54) is 11.1 Å². The van der Waals surface area contributed by atoms with Gasteiger partial charge in [0.1, 0.15) is 0 Å². The molecule has 0 saturated carbocycles. The third kappa shape index (κ3) is 7.23. The fraction of sp³-hybridized carbons (Fsp3) is 0.613. The minimum Gasteiger partial charge on any atom is -0.399 e. The highest BCUT2D eigenvalue weighted by atomic mass is 79.9. The molecule has 3 saturated heterocycles. The molecule has 3 heterocycles. The first-order valence-electron chi connectivity index (χ1n) is 14.5. The Kier molecular flexibility index (Phi) is 9.68. The molecule has 0 N–H and O–H groups in total. The van der Waals surface area contributed by atoms with Crippen molar-refractivity contribution in [1.29, 1.82) is 0 Å². The van der Waals surface area contributed by atoms with Gasteiger partial charge in [-0.3, -0.25) is 4.90 Å². The zero-order valence-corrected chi connectivity index (χ0v) is 27.5. The Hall–Kier alpha value is -1.19. The van der Waals surface area contributed by atoms with Gasteiger partial charge >= 0.3 is 14.2 Å². The van der Waals surface area contributed by atoms with Gasteiger partial charge in [0, 0.05) is 38.1 Å². The van der Waals surface area contributed by atoms with Crippen molar-refractivity contribution in [3.63, 3.8) is 0 Å². The molecule has 3 fully saturated rings. The second kappa shape index (κ2) is 12.2. The normalized spacial score (nSPS) is 23.6. The number of hydrogen-bond donors (Lipinski definition) is 0. The highest BCUT2D eigenvalue weighted by Crippen LogP contribution is 2.37. The van der Waals surface area contributed by atoms with Crippen molar-refractivity contribution in [2.45, 2.75) is 89.7 Å². The standard InChI is InChI=1S/C18H29BN2O2.C13H18BBrO2/c1-17(2)18(3,4)23-19(22-17)16-8-6-15(7-9-16)14-21-12-10-20(5)11-13-21;1-12(2)13(3,4)17-14(16-12)11-7-5-10(9-15)6-8-11/h6-9H,10-14H2,1-5H3;5-8H,9H2,1-4H3. The van der Waals surface area contributed by atoms with E-state index in [0.29, 0.717) is 0 Å². The molecule has 0 bridgehead atoms. The van der Waals surface area contributed by atoms with E-state index in [-0.39, 0.29) is 36.6 Å². The lowest BCUT2D eigenvalue weighted by Gasteiger charge is -2.32. The minimum absolute atomic E-state index is 0.260. The van der Waals surface area contributed by atoms with Crippen LogP contribution in [0.4, 0.5) is 0 Å². The predicted molar refractivity (Wildman–Crippen MR) is 170 cm³/mol. The second-order valence-corrected chi connectivity index (χ2v) is 13.9. The molecule has 0 aliphatic carbocycles. The van der Waals surface area contributed by atoms with E-state index < -0.39 is 0 Å². The molecule has 0 atom stereocenters. The SMILES string of the molecule is CC1(C)OB(c2ccc(CBr)cc2)OC1(C)C.CN1CCN(Cc2ccc(B3OC(C)(C)C(C)(C)O3)cc2)CC1. The molecule has 5 rings (SSSR count). The van der Waals surface area contributed by atoms with Gasteiger partial charge in [0.25, 0.3) is 0 Å². The minimum atomic E-state index is -0.282. The predicted octanol–water partition coefficient (Wildman–Crippen LogP) is 4.61. The Balaban J connectivity index is 0.000000194. The van der Waals surface area contributed by atoms with Crippen molar-refractivity contribution in [2.75, 3.05) is 33.2 Å². The van der Waals surface area contributed by atoms with Gasteiger partial charge in [-0.1, -0.05) is 64.5 Å². The maximum atomic E-state index is 6.11. The van der Waals surface area contributed by atoms with Crippen molar-refractivity contribution in [3.8, 4) is 0 Å². The van der Waals surface area contributed by atoms with E-state index in [4.69, 9.17) is 18.6 Å². The number of likely N-dealkylation sites (N-methyl/N-ethyl adjacent to an activating group) is 1. The van der Waals surface area contributed by atoms with Gasteiger partial charge in [-0.15, -0.1) is 0 Å². The van der Waals surface area contributed by atoms with Crippen LogP contribution in [0, 0.1) is 0 Å². The van der Waals surface area contributed by atoms with Gasteiger partial charge in [-0.25, -0.2) is 0 Å². The van der Waals surface area contributed by atoms with Crippen LogP contribution in [0.2, 0.25) is 0 Å². The Labute approximate surface area is 251 Å². The van der Waals surface area contributed by atoms with Gasteiger partial charge in [0.05, 0.1) is 22.4 Å². The van der Waals surface area contributed by atoms with Gasteiger partial charge in [-0.05, 0) is 84.5 Å². The number of nitrogens with zero attached hydrogens (tertiary/aromatic N) is 2. The average molecular weight is 613 g/mol. The summed E-state index contributed by atoms with van der Waals surface area (Å²) in [6.07, 6.45) is 0. The molecule has 3 aliphatic heterocycles. The molecular formula is C31H47B2BrN2O4. The first-order chi connectivity index (χ1) is 18.6. The second-order valence-electron chi connectivity index (χ2n) is 13.4. The van der Waals surface area contributed by atoms with E-state index in [0.717, 1.165) is 49.0 Å². The number of halogens is 1. The summed E-state index contributed by atoms with van der Waals surface area (Å²) in [7, 11) is 1.67. The smallest absolute Gasteiger partial charge is 0.399 e. The van der Waals surface area contributed by atoms with Crippen LogP contribution in [0.25, 0.3) is 0 Å². The van der Waals surface area contributed by atoms with Crippen LogP contribution in [-0.4, -0.2) is 79.7 Å². The van der Waals surface area contributed by atoms with Gasteiger partial charge < -0.3 is 23.5 Å². The van der Waals surface area contributed by atoms with E-state index in [1.54, 1.807) is 0 Å². The molecule has 0 unspecified atom stereocenters. The Bertz CT molecular complexity index is 1090. The number of hydrogen-bond acceptors (Lipinski definition) is 6. The maximum absolute atomic E-state index is 6.11. The zero-order chi connectivity index (χ0) is 29.3. The quantitative estimate of drug-likeness (QED) is 0.363. The third-order valence-corrected chi connectivity index (χ3v) is 9.81. The Morgan fingerprint density at radius 1 is 0.600 bits per heavy atom. The Morgan fingerprint density at radius 2 is 0.950 bits per heavy atom. The molecule has 3 aliphatic rings. The lowest BCUT2D eigenvalue weighted by atomic mass is 9.79. The molecule has 0 radical (unpaired) electrons. The first-order valence-corrected chi connectivity index (χ1v) is 15.6. The summed E-state index contributed by atoms with van der Waals surface area (Å²) in [6, 6.07) is 17.0. The topological polar surface area (TPSA) is 43.4 Å². The van der Waals surface area contributed by atoms with E-state index in [2.05, 4.69) is 137 Å². The molecule has 218 valence electrons. The largest absolute Gasteiger partial charge is 0.494 e. The van der Waals surface area contributed by atoms with Crippen molar-refractivity contribution in [3.05, 3.63) is 59.7 Å². The van der Waals surface area contributed by atoms with E-state index in [9.17, 15) is 0 Å². The molecule has 2 aromatic rings. The zero-order valence-electron chi connectivity index (χ0n) is 25.9. The molecule has 40 heavy (non-hydrogen) atoms. The van der Waals surface area contributed by atoms with Crippen molar-refractivity contribution in [1.82, 2.24) is 9.80 Å². The highest BCUT2D eigenvalue weighted by molar-refractivity contribution is 9.08. The van der Waals surface area contributed by atoms with Crippen molar-refractivity contribution < 1.29 is 18.6 Å². The third-order valence-electron chi connectivity index (χ3n) is 9.17. The van der Waals surface area contributed by atoms with Crippen LogP contribution in [0.3, 0.4) is 0 Å². The molecule has 9 heteroatoms. The van der Waals surface area contributed by atoms with Crippen LogP contribution in [0.1, 0.15) is 66.5 Å². The van der Waals surface area contributed by atoms with E-state index in [1.807, 2.05) is 0 Å². The van der Waals surface area contributed by atoms with Gasteiger partial charge in [0.2, 0.25) is 0 Å². The van der Waals surface area contributed by atoms with Crippen LogP contribution in [0.5, 0.6) is 0 Å². The van der Waals surface area contributed by atoms with Crippen LogP contribution >= 0.6 is 15.9 Å². The summed E-state index contributed by atoms with van der Waals surface area (Å²) in [5, 5.41) is 0.872. The van der Waals surface area contributed by atoms with Crippen molar-refractivity contribution >= 4 is 41.1 Å². The fourth-order valence-corrected chi connectivity index (χ4v) is 5.14.